The summed E-state index contributed by atoms with van der Waals surface area (Å²) in [6.07, 6.45) is 0.924. The number of aliphatic hydroxyl groups is 1. The van der Waals surface area contributed by atoms with E-state index in [0.29, 0.717) is 52.5 Å². The van der Waals surface area contributed by atoms with E-state index in [0.717, 1.165) is 5.69 Å². The summed E-state index contributed by atoms with van der Waals surface area (Å²) in [6, 6.07) is 14.2. The Morgan fingerprint density at radius 3 is 1.96 bits per heavy atom. The van der Waals surface area contributed by atoms with Crippen LogP contribution in [0.15, 0.2) is 76.1 Å². The second-order valence-electron chi connectivity index (χ2n) is 6.52. The minimum Gasteiger partial charge on any atom is -0.505 e. The van der Waals surface area contributed by atoms with Gasteiger partial charge in [0.2, 0.25) is 5.78 Å². The fourth-order valence-electron chi connectivity index (χ4n) is 3.11. The number of ketones is 1. The number of carbonyl (C=O) groups excluding carboxylic acids is 1. The smallest absolute Gasteiger partial charge is 0.211 e. The van der Waals surface area contributed by atoms with Gasteiger partial charge < -0.3 is 21.9 Å². The van der Waals surface area contributed by atoms with Crippen molar-refractivity contribution in [2.75, 3.05) is 16.8 Å². The van der Waals surface area contributed by atoms with E-state index in [9.17, 15) is 9.90 Å². The SMILES string of the molecule is CCC1=C(O)C(Nc2ccc(N)cc2)=C(CC)C(=Nc2ccc(N)cc2)C1=O. The van der Waals surface area contributed by atoms with Crippen molar-refractivity contribution in [3.8, 4) is 0 Å². The van der Waals surface area contributed by atoms with Crippen molar-refractivity contribution in [2.45, 2.75) is 26.7 Å². The number of anilines is 3. The second-order valence-corrected chi connectivity index (χ2v) is 6.52. The summed E-state index contributed by atoms with van der Waals surface area (Å²) in [5.74, 6) is -0.283. The summed E-state index contributed by atoms with van der Waals surface area (Å²) >= 11 is 0. The Kier molecular flexibility index (Phi) is 5.49. The molecular weight excluding hydrogens is 352 g/mol. The molecule has 2 aromatic carbocycles. The van der Waals surface area contributed by atoms with Crippen LogP contribution in [0, 0.1) is 0 Å². The molecule has 3 rings (SSSR count). The molecule has 0 saturated carbocycles. The number of aliphatic imine (C=N–C) groups is 1. The molecular formula is C22H24N4O2. The molecule has 0 aliphatic heterocycles. The molecule has 0 amide bonds. The number of benzene rings is 2. The molecule has 1 aliphatic rings. The standard InChI is InChI=1S/C22H24N4O2/c1-3-17-19(25-15-9-5-13(23)6-10-15)21(27)18(4-2)22(28)20(17)26-16-11-7-14(24)8-12-16/h5-12,25,27H,3-4,23-24H2,1-2H3. The van der Waals surface area contributed by atoms with E-state index in [1.807, 2.05) is 26.0 Å². The number of aliphatic hydroxyl groups excluding tert-OH is 1. The van der Waals surface area contributed by atoms with Gasteiger partial charge in [-0.25, -0.2) is 4.99 Å². The topological polar surface area (TPSA) is 114 Å². The highest BCUT2D eigenvalue weighted by atomic mass is 16.3. The van der Waals surface area contributed by atoms with Gasteiger partial charge in [-0.15, -0.1) is 0 Å². The molecule has 0 radical (unpaired) electrons. The number of Topliss-reactive ketones (excluding diaryl/α,β-unsaturated/α-hetero) is 1. The van der Waals surface area contributed by atoms with Crippen LogP contribution in [0.4, 0.5) is 22.7 Å². The predicted octanol–water partition coefficient (Wildman–Crippen LogP) is 4.50. The van der Waals surface area contributed by atoms with E-state index in [1.165, 1.54) is 0 Å². The molecule has 0 unspecified atom stereocenters. The van der Waals surface area contributed by atoms with Gasteiger partial charge in [0.25, 0.3) is 0 Å². The minimum absolute atomic E-state index is 0.0302. The van der Waals surface area contributed by atoms with E-state index < -0.39 is 0 Å². The lowest BCUT2D eigenvalue weighted by Crippen LogP contribution is -2.28. The number of allylic oxidation sites excluding steroid dienone is 2. The molecule has 144 valence electrons. The molecule has 0 atom stereocenters. The molecule has 6 heteroatoms. The molecule has 0 fully saturated rings. The third kappa shape index (κ3) is 3.76. The van der Waals surface area contributed by atoms with Gasteiger partial charge in [-0.05, 0) is 61.4 Å². The normalized spacial score (nSPS) is 16.1. The number of hydrogen-bond donors (Lipinski definition) is 4. The van der Waals surface area contributed by atoms with E-state index in [1.54, 1.807) is 36.4 Å². The number of nitrogens with zero attached hydrogens (tertiary/aromatic N) is 1. The first-order valence-corrected chi connectivity index (χ1v) is 9.22. The molecule has 28 heavy (non-hydrogen) atoms. The highest BCUT2D eigenvalue weighted by Gasteiger charge is 2.32. The summed E-state index contributed by atoms with van der Waals surface area (Å²) in [6.45, 7) is 3.76. The van der Waals surface area contributed by atoms with Crippen LogP contribution in [0.25, 0.3) is 0 Å². The molecule has 0 aromatic heterocycles. The van der Waals surface area contributed by atoms with Gasteiger partial charge in [0.1, 0.15) is 11.5 Å². The van der Waals surface area contributed by atoms with Crippen LogP contribution >= 0.6 is 0 Å². The Balaban J connectivity index is 2.13. The number of nitrogen functional groups attached to an aromatic ring is 2. The maximum Gasteiger partial charge on any atom is 0.211 e. The first-order valence-electron chi connectivity index (χ1n) is 9.22. The predicted molar refractivity (Wildman–Crippen MR) is 115 cm³/mol. The van der Waals surface area contributed by atoms with Crippen molar-refractivity contribution in [1.29, 1.82) is 0 Å². The first-order chi connectivity index (χ1) is 13.4. The van der Waals surface area contributed by atoms with Gasteiger partial charge >= 0.3 is 0 Å². The van der Waals surface area contributed by atoms with Gasteiger partial charge in [0.05, 0.1) is 11.4 Å². The molecule has 0 spiro atoms. The van der Waals surface area contributed by atoms with E-state index in [4.69, 9.17) is 11.5 Å². The molecule has 1 aliphatic carbocycles. The molecule has 6 N–H and O–H groups in total. The zero-order valence-electron chi connectivity index (χ0n) is 16.0. The molecule has 0 bridgehead atoms. The average molecular weight is 376 g/mol. The van der Waals surface area contributed by atoms with Crippen LogP contribution in [-0.4, -0.2) is 16.6 Å². The Morgan fingerprint density at radius 1 is 0.893 bits per heavy atom. The number of hydrogen-bond acceptors (Lipinski definition) is 6. The van der Waals surface area contributed by atoms with Gasteiger partial charge in [0.15, 0.2) is 0 Å². The van der Waals surface area contributed by atoms with Gasteiger partial charge in [0, 0.05) is 28.2 Å². The number of nitrogens with one attached hydrogen (secondary N) is 1. The molecule has 0 heterocycles. The van der Waals surface area contributed by atoms with Crippen LogP contribution in [0.2, 0.25) is 0 Å². The van der Waals surface area contributed by atoms with Gasteiger partial charge in [-0.3, -0.25) is 4.79 Å². The summed E-state index contributed by atoms with van der Waals surface area (Å²) in [5, 5.41) is 14.0. The largest absolute Gasteiger partial charge is 0.505 e. The number of carbonyl (C=O) groups is 1. The Labute approximate surface area is 164 Å². The zero-order valence-corrected chi connectivity index (χ0v) is 16.0. The Bertz CT molecular complexity index is 984. The van der Waals surface area contributed by atoms with E-state index in [2.05, 4.69) is 10.3 Å². The maximum absolute atomic E-state index is 13.0. The summed E-state index contributed by atoms with van der Waals surface area (Å²) in [7, 11) is 0. The summed E-state index contributed by atoms with van der Waals surface area (Å²) in [4.78, 5) is 17.6. The van der Waals surface area contributed by atoms with Gasteiger partial charge in [-0.2, -0.15) is 0 Å². The van der Waals surface area contributed by atoms with E-state index >= 15 is 0 Å². The highest BCUT2D eigenvalue weighted by Crippen LogP contribution is 2.31. The third-order valence-electron chi connectivity index (χ3n) is 4.62. The highest BCUT2D eigenvalue weighted by molar-refractivity contribution is 6.53. The lowest BCUT2D eigenvalue weighted by molar-refractivity contribution is -0.110. The summed E-state index contributed by atoms with van der Waals surface area (Å²) in [5.41, 5.74) is 16.0. The fraction of sp³-hybridized carbons (Fsp3) is 0.182. The van der Waals surface area contributed by atoms with Crippen molar-refractivity contribution in [3.63, 3.8) is 0 Å². The van der Waals surface area contributed by atoms with Crippen molar-refractivity contribution in [1.82, 2.24) is 0 Å². The second kappa shape index (κ2) is 8.00. The molecule has 2 aromatic rings. The van der Waals surface area contributed by atoms with Crippen molar-refractivity contribution >= 4 is 34.2 Å². The van der Waals surface area contributed by atoms with Gasteiger partial charge in [-0.1, -0.05) is 13.8 Å². The average Bonchev–Trinajstić information content (AvgIpc) is 2.69. The zero-order chi connectivity index (χ0) is 20.3. The van der Waals surface area contributed by atoms with Crippen molar-refractivity contribution < 1.29 is 9.90 Å². The fourth-order valence-corrected chi connectivity index (χ4v) is 3.11. The minimum atomic E-state index is -0.253. The molecule has 6 nitrogen and oxygen atoms in total. The van der Waals surface area contributed by atoms with Crippen LogP contribution in [0.5, 0.6) is 0 Å². The first kappa shape index (κ1) is 19.2. The Hall–Kier alpha value is -3.54. The summed E-state index contributed by atoms with van der Waals surface area (Å²) < 4.78 is 0. The monoisotopic (exact) mass is 376 g/mol. The van der Waals surface area contributed by atoms with Crippen LogP contribution in [0.1, 0.15) is 26.7 Å². The van der Waals surface area contributed by atoms with Crippen LogP contribution in [-0.2, 0) is 4.79 Å². The van der Waals surface area contributed by atoms with Crippen LogP contribution < -0.4 is 16.8 Å². The van der Waals surface area contributed by atoms with Crippen molar-refractivity contribution in [3.05, 3.63) is 71.1 Å². The molecule has 0 saturated heterocycles. The number of rotatable bonds is 5. The Morgan fingerprint density at radius 2 is 1.43 bits per heavy atom. The lowest BCUT2D eigenvalue weighted by Gasteiger charge is -2.24. The number of nitrogens with two attached hydrogens (primary N) is 2. The lowest BCUT2D eigenvalue weighted by atomic mass is 9.88. The quantitative estimate of drug-likeness (QED) is 0.453. The third-order valence-corrected chi connectivity index (χ3v) is 4.62. The van der Waals surface area contributed by atoms with Crippen molar-refractivity contribution in [2.24, 2.45) is 4.99 Å². The maximum atomic E-state index is 13.0. The van der Waals surface area contributed by atoms with Crippen LogP contribution in [0.3, 0.4) is 0 Å². The van der Waals surface area contributed by atoms with E-state index in [-0.39, 0.29) is 11.5 Å².